The first kappa shape index (κ1) is 17.0. The molecule has 1 aliphatic carbocycles. The second-order valence-electron chi connectivity index (χ2n) is 6.84. The highest BCUT2D eigenvalue weighted by atomic mass is 16.5. The predicted molar refractivity (Wildman–Crippen MR) is 99.3 cm³/mol. The lowest BCUT2D eigenvalue weighted by atomic mass is 9.90. The molecule has 6 heteroatoms. The molecule has 6 nitrogen and oxygen atoms in total. The lowest BCUT2D eigenvalue weighted by Crippen LogP contribution is -2.42. The van der Waals surface area contributed by atoms with E-state index in [4.69, 9.17) is 4.74 Å². The van der Waals surface area contributed by atoms with Gasteiger partial charge in [-0.05, 0) is 48.9 Å². The molecule has 1 aromatic carbocycles. The van der Waals surface area contributed by atoms with E-state index in [1.54, 1.807) is 12.4 Å². The van der Waals surface area contributed by atoms with E-state index >= 15 is 0 Å². The van der Waals surface area contributed by atoms with E-state index in [0.717, 1.165) is 24.1 Å². The zero-order chi connectivity index (χ0) is 17.9. The summed E-state index contributed by atoms with van der Waals surface area (Å²) in [5.41, 5.74) is 4.25. The fourth-order valence-corrected chi connectivity index (χ4v) is 3.83. The summed E-state index contributed by atoms with van der Waals surface area (Å²) in [6, 6.07) is 6.18. The van der Waals surface area contributed by atoms with Crippen LogP contribution in [0.4, 0.5) is 5.82 Å². The molecule has 0 bridgehead atoms. The number of aromatic nitrogens is 2. The van der Waals surface area contributed by atoms with Crippen molar-refractivity contribution in [1.29, 1.82) is 0 Å². The Balaban J connectivity index is 1.53. The van der Waals surface area contributed by atoms with Gasteiger partial charge >= 0.3 is 0 Å². The summed E-state index contributed by atoms with van der Waals surface area (Å²) in [6.07, 6.45) is 7.71. The van der Waals surface area contributed by atoms with Gasteiger partial charge in [-0.3, -0.25) is 9.78 Å². The van der Waals surface area contributed by atoms with Crippen LogP contribution in [0.2, 0.25) is 0 Å². The third-order valence-corrected chi connectivity index (χ3v) is 5.22. The first-order valence-corrected chi connectivity index (χ1v) is 9.27. The summed E-state index contributed by atoms with van der Waals surface area (Å²) in [4.78, 5) is 23.6. The van der Waals surface area contributed by atoms with Gasteiger partial charge in [0.1, 0.15) is 17.6 Å². The van der Waals surface area contributed by atoms with E-state index in [1.807, 2.05) is 18.0 Å². The van der Waals surface area contributed by atoms with Crippen molar-refractivity contribution in [3.63, 3.8) is 0 Å². The third-order valence-electron chi connectivity index (χ3n) is 5.22. The normalized spacial score (nSPS) is 19.7. The Labute approximate surface area is 153 Å². The molecule has 1 fully saturated rings. The quantitative estimate of drug-likeness (QED) is 0.920. The number of rotatable bonds is 3. The number of benzene rings is 1. The van der Waals surface area contributed by atoms with Crippen LogP contribution in [0, 0.1) is 0 Å². The molecule has 0 spiro atoms. The number of hydrogen-bond donors (Lipinski definition) is 1. The maximum atomic E-state index is 13.0. The number of amides is 1. The maximum Gasteiger partial charge on any atom is 0.254 e. The molecule has 2 heterocycles. The predicted octanol–water partition coefficient (Wildman–Crippen LogP) is 2.61. The Morgan fingerprint density at radius 3 is 2.85 bits per heavy atom. The van der Waals surface area contributed by atoms with Crippen LogP contribution in [-0.4, -0.2) is 47.5 Å². The van der Waals surface area contributed by atoms with E-state index in [0.29, 0.717) is 25.5 Å². The molecule has 26 heavy (non-hydrogen) atoms. The zero-order valence-electron chi connectivity index (χ0n) is 15.1. The van der Waals surface area contributed by atoms with Crippen molar-refractivity contribution < 1.29 is 9.53 Å². The van der Waals surface area contributed by atoms with Gasteiger partial charge in [-0.2, -0.15) is 0 Å². The van der Waals surface area contributed by atoms with Gasteiger partial charge in [0.25, 0.3) is 5.91 Å². The SMILES string of the molecule is CNc1nccnc1C1CN(C(=O)c2ccc3c(c2)CCCC3)CCO1. The van der Waals surface area contributed by atoms with Gasteiger partial charge in [-0.15, -0.1) is 0 Å². The second-order valence-corrected chi connectivity index (χ2v) is 6.84. The van der Waals surface area contributed by atoms with Gasteiger partial charge in [0, 0.05) is 31.5 Å². The van der Waals surface area contributed by atoms with E-state index < -0.39 is 0 Å². The van der Waals surface area contributed by atoms with Crippen LogP contribution in [-0.2, 0) is 17.6 Å². The number of fused-ring (bicyclic) bond motifs is 1. The Hall–Kier alpha value is -2.47. The Morgan fingerprint density at radius 1 is 1.19 bits per heavy atom. The molecule has 1 saturated heterocycles. The summed E-state index contributed by atoms with van der Waals surface area (Å²) in [6.45, 7) is 1.59. The highest BCUT2D eigenvalue weighted by molar-refractivity contribution is 5.94. The van der Waals surface area contributed by atoms with Gasteiger partial charge in [-0.25, -0.2) is 4.98 Å². The highest BCUT2D eigenvalue weighted by Crippen LogP contribution is 2.27. The molecule has 2 aliphatic rings. The average molecular weight is 352 g/mol. The summed E-state index contributed by atoms with van der Waals surface area (Å²) < 4.78 is 5.88. The average Bonchev–Trinajstić information content (AvgIpc) is 2.73. The third kappa shape index (κ3) is 3.29. The maximum absolute atomic E-state index is 13.0. The molecule has 1 atom stereocenters. The molecular formula is C20H24N4O2. The Morgan fingerprint density at radius 2 is 2.00 bits per heavy atom. The molecular weight excluding hydrogens is 328 g/mol. The number of carbonyl (C=O) groups is 1. The minimum atomic E-state index is -0.263. The largest absolute Gasteiger partial charge is 0.372 e. The standard InChI is InChI=1S/C20H24N4O2/c1-21-19-18(22-8-9-23-19)17-13-24(10-11-26-17)20(25)16-7-6-14-4-2-3-5-15(14)12-16/h6-9,12,17H,2-5,10-11,13H2,1H3,(H,21,23). The van der Waals surface area contributed by atoms with Crippen LogP contribution >= 0.6 is 0 Å². The topological polar surface area (TPSA) is 67.4 Å². The molecule has 1 aliphatic heterocycles. The van der Waals surface area contributed by atoms with Crippen molar-refractivity contribution in [1.82, 2.24) is 14.9 Å². The summed E-state index contributed by atoms with van der Waals surface area (Å²) in [5, 5.41) is 3.05. The van der Waals surface area contributed by atoms with Gasteiger partial charge < -0.3 is 15.0 Å². The Bertz CT molecular complexity index is 808. The second kappa shape index (κ2) is 7.41. The van der Waals surface area contributed by atoms with E-state index in [1.165, 1.54) is 24.0 Å². The number of aryl methyl sites for hydroxylation is 2. The van der Waals surface area contributed by atoms with Crippen LogP contribution in [0.3, 0.4) is 0 Å². The lowest BCUT2D eigenvalue weighted by molar-refractivity contribution is -0.0245. The summed E-state index contributed by atoms with van der Waals surface area (Å²) >= 11 is 0. The van der Waals surface area contributed by atoms with Crippen molar-refractivity contribution >= 4 is 11.7 Å². The molecule has 1 N–H and O–H groups in total. The number of morpholine rings is 1. The molecule has 0 saturated carbocycles. The molecule has 2 aromatic rings. The zero-order valence-corrected chi connectivity index (χ0v) is 15.1. The first-order valence-electron chi connectivity index (χ1n) is 9.27. The fourth-order valence-electron chi connectivity index (χ4n) is 3.83. The van der Waals surface area contributed by atoms with Crippen LogP contribution in [0.1, 0.15) is 46.1 Å². The van der Waals surface area contributed by atoms with Crippen molar-refractivity contribution in [2.24, 2.45) is 0 Å². The van der Waals surface area contributed by atoms with E-state index in [-0.39, 0.29) is 12.0 Å². The highest BCUT2D eigenvalue weighted by Gasteiger charge is 2.29. The van der Waals surface area contributed by atoms with Gasteiger partial charge in [0.05, 0.1) is 13.2 Å². The monoisotopic (exact) mass is 352 g/mol. The van der Waals surface area contributed by atoms with Crippen LogP contribution in [0.5, 0.6) is 0 Å². The lowest BCUT2D eigenvalue weighted by Gasteiger charge is -2.33. The number of carbonyl (C=O) groups excluding carboxylic acids is 1. The Kier molecular flexibility index (Phi) is 4.84. The number of nitrogens with zero attached hydrogens (tertiary/aromatic N) is 3. The van der Waals surface area contributed by atoms with Crippen molar-refractivity contribution in [2.45, 2.75) is 31.8 Å². The molecule has 1 aromatic heterocycles. The van der Waals surface area contributed by atoms with Gasteiger partial charge in [-0.1, -0.05) is 6.07 Å². The summed E-state index contributed by atoms with van der Waals surface area (Å²) in [7, 11) is 1.81. The first-order chi connectivity index (χ1) is 12.8. The minimum absolute atomic E-state index is 0.0709. The summed E-state index contributed by atoms with van der Waals surface area (Å²) in [5.74, 6) is 0.766. The molecule has 136 valence electrons. The number of hydrogen-bond acceptors (Lipinski definition) is 5. The van der Waals surface area contributed by atoms with Crippen molar-refractivity contribution in [2.75, 3.05) is 32.1 Å². The van der Waals surface area contributed by atoms with Crippen LogP contribution in [0.25, 0.3) is 0 Å². The molecule has 1 unspecified atom stereocenters. The van der Waals surface area contributed by atoms with Crippen LogP contribution < -0.4 is 5.32 Å². The van der Waals surface area contributed by atoms with Gasteiger partial charge in [0.2, 0.25) is 0 Å². The van der Waals surface area contributed by atoms with E-state index in [9.17, 15) is 4.79 Å². The molecule has 1 amide bonds. The van der Waals surface area contributed by atoms with E-state index in [2.05, 4.69) is 27.4 Å². The van der Waals surface area contributed by atoms with Crippen LogP contribution in [0.15, 0.2) is 30.6 Å². The molecule has 0 radical (unpaired) electrons. The number of ether oxygens (including phenoxy) is 1. The minimum Gasteiger partial charge on any atom is -0.372 e. The smallest absolute Gasteiger partial charge is 0.254 e. The number of anilines is 1. The van der Waals surface area contributed by atoms with Crippen molar-refractivity contribution in [3.8, 4) is 0 Å². The van der Waals surface area contributed by atoms with Crippen molar-refractivity contribution in [3.05, 3.63) is 53.0 Å². The fraction of sp³-hybridized carbons (Fsp3) is 0.450. The van der Waals surface area contributed by atoms with Gasteiger partial charge in [0.15, 0.2) is 0 Å². The number of nitrogens with one attached hydrogen (secondary N) is 1. The molecule has 4 rings (SSSR count).